The molecular weight excluding hydrogens is 252 g/mol. The molecule has 3 rings (SSSR count). The summed E-state index contributed by atoms with van der Waals surface area (Å²) in [5, 5.41) is 3.20. The van der Waals surface area contributed by atoms with Gasteiger partial charge in [0.05, 0.1) is 6.61 Å². The molecule has 1 atom stereocenters. The van der Waals surface area contributed by atoms with Crippen LogP contribution in [0.5, 0.6) is 0 Å². The van der Waals surface area contributed by atoms with Gasteiger partial charge >= 0.3 is 0 Å². The van der Waals surface area contributed by atoms with Gasteiger partial charge in [0.15, 0.2) is 0 Å². The molecule has 4 heteroatoms. The van der Waals surface area contributed by atoms with Crippen molar-refractivity contribution < 1.29 is 9.53 Å². The molecule has 0 aromatic rings. The van der Waals surface area contributed by atoms with Crippen molar-refractivity contribution in [3.05, 3.63) is 0 Å². The van der Waals surface area contributed by atoms with Crippen LogP contribution in [0.4, 0.5) is 0 Å². The second-order valence-electron chi connectivity index (χ2n) is 6.79. The highest BCUT2D eigenvalue weighted by atomic mass is 16.5. The maximum atomic E-state index is 12.1. The number of carbonyl (C=O) groups is 1. The predicted molar refractivity (Wildman–Crippen MR) is 78.5 cm³/mol. The molecule has 2 heterocycles. The molecule has 0 spiro atoms. The van der Waals surface area contributed by atoms with Crippen molar-refractivity contribution in [2.45, 2.75) is 51.0 Å². The van der Waals surface area contributed by atoms with Crippen LogP contribution < -0.4 is 5.32 Å². The van der Waals surface area contributed by atoms with Crippen molar-refractivity contribution >= 4 is 5.91 Å². The monoisotopic (exact) mass is 280 g/mol. The molecule has 1 amide bonds. The van der Waals surface area contributed by atoms with Gasteiger partial charge in [-0.05, 0) is 64.0 Å². The summed E-state index contributed by atoms with van der Waals surface area (Å²) >= 11 is 0. The average Bonchev–Trinajstić information content (AvgIpc) is 2.44. The summed E-state index contributed by atoms with van der Waals surface area (Å²) in [6.07, 6.45) is 8.25. The van der Waals surface area contributed by atoms with Crippen LogP contribution in [0.25, 0.3) is 0 Å². The molecule has 4 nitrogen and oxygen atoms in total. The first kappa shape index (κ1) is 14.3. The maximum Gasteiger partial charge on any atom is 0.223 e. The third-order valence-electron chi connectivity index (χ3n) is 5.18. The number of amides is 1. The van der Waals surface area contributed by atoms with E-state index in [0.29, 0.717) is 17.9 Å². The van der Waals surface area contributed by atoms with Crippen LogP contribution in [0.1, 0.15) is 44.9 Å². The Balaban J connectivity index is 1.36. The topological polar surface area (TPSA) is 41.6 Å². The number of nitrogens with zero attached hydrogens (tertiary/aromatic N) is 1. The van der Waals surface area contributed by atoms with E-state index < -0.39 is 0 Å². The molecule has 1 N–H and O–H groups in total. The molecular formula is C16H28N2O2. The van der Waals surface area contributed by atoms with E-state index in [-0.39, 0.29) is 5.92 Å². The number of piperidine rings is 1. The molecule has 0 aromatic heterocycles. The number of carbonyl (C=O) groups excluding carboxylic acids is 1. The molecule has 20 heavy (non-hydrogen) atoms. The molecule has 3 fully saturated rings. The van der Waals surface area contributed by atoms with Crippen LogP contribution in [0.3, 0.4) is 0 Å². The Morgan fingerprint density at radius 1 is 1.10 bits per heavy atom. The number of rotatable bonds is 4. The quantitative estimate of drug-likeness (QED) is 0.853. The van der Waals surface area contributed by atoms with Crippen molar-refractivity contribution in [2.75, 3.05) is 32.8 Å². The Morgan fingerprint density at radius 2 is 1.90 bits per heavy atom. The number of nitrogens with one attached hydrogen (secondary N) is 1. The maximum absolute atomic E-state index is 12.1. The molecule has 1 unspecified atom stereocenters. The number of hydrogen-bond acceptors (Lipinski definition) is 3. The van der Waals surface area contributed by atoms with Crippen LogP contribution in [0.2, 0.25) is 0 Å². The zero-order chi connectivity index (χ0) is 13.8. The lowest BCUT2D eigenvalue weighted by molar-refractivity contribution is -0.127. The standard InChI is InChI=1S/C16H28N2O2/c19-16(17-15-4-1-5-15)14-6-8-18(9-7-14)11-13-3-2-10-20-12-13/h13-15H,1-12H2,(H,17,19). The first-order valence-corrected chi connectivity index (χ1v) is 8.42. The average molecular weight is 280 g/mol. The van der Waals surface area contributed by atoms with E-state index in [2.05, 4.69) is 10.2 Å². The van der Waals surface area contributed by atoms with Gasteiger partial charge in [-0.3, -0.25) is 4.79 Å². The van der Waals surface area contributed by atoms with Gasteiger partial charge < -0.3 is 15.0 Å². The summed E-state index contributed by atoms with van der Waals surface area (Å²) in [6, 6.07) is 0.486. The summed E-state index contributed by atoms with van der Waals surface area (Å²) in [7, 11) is 0. The zero-order valence-corrected chi connectivity index (χ0v) is 12.5. The molecule has 2 saturated heterocycles. The fraction of sp³-hybridized carbons (Fsp3) is 0.938. The van der Waals surface area contributed by atoms with Gasteiger partial charge in [0, 0.05) is 25.1 Å². The minimum atomic E-state index is 0.259. The Bertz CT molecular complexity index is 316. The second-order valence-corrected chi connectivity index (χ2v) is 6.79. The van der Waals surface area contributed by atoms with E-state index in [9.17, 15) is 4.79 Å². The van der Waals surface area contributed by atoms with Crippen molar-refractivity contribution in [3.8, 4) is 0 Å². The summed E-state index contributed by atoms with van der Waals surface area (Å²) in [4.78, 5) is 14.7. The zero-order valence-electron chi connectivity index (χ0n) is 12.5. The SMILES string of the molecule is O=C(NC1CCC1)C1CCN(CC2CCCOC2)CC1. The van der Waals surface area contributed by atoms with Gasteiger partial charge in [-0.15, -0.1) is 0 Å². The first-order valence-electron chi connectivity index (χ1n) is 8.42. The molecule has 114 valence electrons. The van der Waals surface area contributed by atoms with Crippen LogP contribution in [-0.4, -0.2) is 49.7 Å². The third-order valence-corrected chi connectivity index (χ3v) is 5.18. The fourth-order valence-corrected chi connectivity index (χ4v) is 3.57. The molecule has 3 aliphatic rings. The lowest BCUT2D eigenvalue weighted by Gasteiger charge is -2.36. The van der Waals surface area contributed by atoms with Gasteiger partial charge in [0.2, 0.25) is 5.91 Å². The van der Waals surface area contributed by atoms with Crippen LogP contribution in [0.15, 0.2) is 0 Å². The third kappa shape index (κ3) is 3.73. The van der Waals surface area contributed by atoms with E-state index in [1.807, 2.05) is 0 Å². The van der Waals surface area contributed by atoms with Gasteiger partial charge in [-0.25, -0.2) is 0 Å². The Hall–Kier alpha value is -0.610. The Labute approximate surface area is 122 Å². The van der Waals surface area contributed by atoms with Gasteiger partial charge in [0.1, 0.15) is 0 Å². The van der Waals surface area contributed by atoms with Crippen molar-refractivity contribution in [1.82, 2.24) is 10.2 Å². The Kier molecular flexibility index (Phi) is 4.94. The summed E-state index contributed by atoms with van der Waals surface area (Å²) < 4.78 is 5.55. The Morgan fingerprint density at radius 3 is 2.50 bits per heavy atom. The van der Waals surface area contributed by atoms with Crippen molar-refractivity contribution in [1.29, 1.82) is 0 Å². The second kappa shape index (κ2) is 6.90. The highest BCUT2D eigenvalue weighted by molar-refractivity contribution is 5.79. The minimum absolute atomic E-state index is 0.259. The number of ether oxygens (including phenoxy) is 1. The molecule has 0 radical (unpaired) electrons. The lowest BCUT2D eigenvalue weighted by atomic mass is 9.90. The molecule has 1 saturated carbocycles. The predicted octanol–water partition coefficient (Wildman–Crippen LogP) is 1.79. The highest BCUT2D eigenvalue weighted by Gasteiger charge is 2.29. The fourth-order valence-electron chi connectivity index (χ4n) is 3.57. The van der Waals surface area contributed by atoms with Crippen LogP contribution in [0, 0.1) is 11.8 Å². The van der Waals surface area contributed by atoms with E-state index in [0.717, 1.165) is 45.7 Å². The molecule has 1 aliphatic carbocycles. The largest absolute Gasteiger partial charge is 0.381 e. The minimum Gasteiger partial charge on any atom is -0.381 e. The van der Waals surface area contributed by atoms with Gasteiger partial charge in [0.25, 0.3) is 0 Å². The molecule has 0 aromatic carbocycles. The van der Waals surface area contributed by atoms with E-state index in [4.69, 9.17) is 4.74 Å². The van der Waals surface area contributed by atoms with Crippen LogP contribution in [-0.2, 0) is 9.53 Å². The summed E-state index contributed by atoms with van der Waals surface area (Å²) in [5.74, 6) is 1.29. The van der Waals surface area contributed by atoms with E-state index in [1.54, 1.807) is 0 Å². The summed E-state index contributed by atoms with van der Waals surface area (Å²) in [6.45, 7) is 5.21. The van der Waals surface area contributed by atoms with E-state index >= 15 is 0 Å². The molecule has 0 bridgehead atoms. The van der Waals surface area contributed by atoms with Crippen LogP contribution >= 0.6 is 0 Å². The normalized spacial score (nSPS) is 29.9. The van der Waals surface area contributed by atoms with Crippen molar-refractivity contribution in [3.63, 3.8) is 0 Å². The van der Waals surface area contributed by atoms with Gasteiger partial charge in [-0.2, -0.15) is 0 Å². The first-order chi connectivity index (χ1) is 9.81. The lowest BCUT2D eigenvalue weighted by Crippen LogP contribution is -2.46. The molecule has 2 aliphatic heterocycles. The smallest absolute Gasteiger partial charge is 0.223 e. The number of likely N-dealkylation sites (tertiary alicyclic amines) is 1. The van der Waals surface area contributed by atoms with Crippen molar-refractivity contribution in [2.24, 2.45) is 11.8 Å². The number of hydrogen-bond donors (Lipinski definition) is 1. The summed E-state index contributed by atoms with van der Waals surface area (Å²) in [5.41, 5.74) is 0. The highest BCUT2D eigenvalue weighted by Crippen LogP contribution is 2.23. The van der Waals surface area contributed by atoms with Gasteiger partial charge in [-0.1, -0.05) is 0 Å². The van der Waals surface area contributed by atoms with E-state index in [1.165, 1.54) is 32.1 Å².